The van der Waals surface area contributed by atoms with Gasteiger partial charge >= 0.3 is 0 Å². The van der Waals surface area contributed by atoms with Crippen LogP contribution in [0.2, 0.25) is 0 Å². The van der Waals surface area contributed by atoms with Crippen LogP contribution in [0, 0.1) is 0 Å². The fourth-order valence-electron chi connectivity index (χ4n) is 2.77. The van der Waals surface area contributed by atoms with E-state index in [0.717, 1.165) is 24.4 Å². The quantitative estimate of drug-likeness (QED) is 0.414. The van der Waals surface area contributed by atoms with E-state index in [2.05, 4.69) is 38.1 Å². The maximum atomic E-state index is 5.79. The van der Waals surface area contributed by atoms with E-state index < -0.39 is 0 Å². The standard InChI is InChI=1S/C21H30O3/c1-4-8-17(2)19-11-13-21(14-12-19)24-18(3)22-15-16-23-20-9-6-5-7-10-20/h6,9-14,17-18H,4-5,7-8,15-16H2,1-3H3. The van der Waals surface area contributed by atoms with Crippen molar-refractivity contribution in [2.45, 2.75) is 58.7 Å². The van der Waals surface area contributed by atoms with E-state index in [0.29, 0.717) is 19.1 Å². The van der Waals surface area contributed by atoms with Crippen LogP contribution in [-0.2, 0) is 9.47 Å². The Hall–Kier alpha value is -1.74. The van der Waals surface area contributed by atoms with Gasteiger partial charge in [-0.1, -0.05) is 38.5 Å². The smallest absolute Gasteiger partial charge is 0.197 e. The Morgan fingerprint density at radius 3 is 2.50 bits per heavy atom. The molecule has 132 valence electrons. The summed E-state index contributed by atoms with van der Waals surface area (Å²) in [6, 6.07) is 8.34. The average Bonchev–Trinajstić information content (AvgIpc) is 2.60. The Labute approximate surface area is 146 Å². The van der Waals surface area contributed by atoms with Gasteiger partial charge in [-0.15, -0.1) is 0 Å². The van der Waals surface area contributed by atoms with Gasteiger partial charge < -0.3 is 14.2 Å². The number of benzene rings is 1. The summed E-state index contributed by atoms with van der Waals surface area (Å²) >= 11 is 0. The summed E-state index contributed by atoms with van der Waals surface area (Å²) in [5.41, 5.74) is 1.36. The van der Waals surface area contributed by atoms with Crippen molar-refractivity contribution >= 4 is 0 Å². The molecule has 1 aromatic rings. The van der Waals surface area contributed by atoms with E-state index in [1.54, 1.807) is 0 Å². The normalized spacial score (nSPS) is 16.4. The van der Waals surface area contributed by atoms with E-state index >= 15 is 0 Å². The molecule has 0 heterocycles. The lowest BCUT2D eigenvalue weighted by atomic mass is 9.97. The van der Waals surface area contributed by atoms with Crippen molar-refractivity contribution in [1.29, 1.82) is 0 Å². The summed E-state index contributed by atoms with van der Waals surface area (Å²) in [7, 11) is 0. The molecular formula is C21H30O3. The van der Waals surface area contributed by atoms with Crippen molar-refractivity contribution in [3.8, 4) is 5.75 Å². The van der Waals surface area contributed by atoms with Gasteiger partial charge in [0, 0.05) is 0 Å². The molecule has 2 atom stereocenters. The predicted octanol–water partition coefficient (Wildman–Crippen LogP) is 5.58. The molecule has 0 saturated heterocycles. The van der Waals surface area contributed by atoms with Gasteiger partial charge in [0.1, 0.15) is 18.1 Å². The molecule has 24 heavy (non-hydrogen) atoms. The third kappa shape index (κ3) is 6.40. The van der Waals surface area contributed by atoms with Gasteiger partial charge in [-0.25, -0.2) is 0 Å². The zero-order valence-electron chi connectivity index (χ0n) is 15.2. The number of ether oxygens (including phenoxy) is 3. The van der Waals surface area contributed by atoms with E-state index in [9.17, 15) is 0 Å². The minimum absolute atomic E-state index is 0.289. The number of rotatable bonds is 10. The molecule has 3 nitrogen and oxygen atoms in total. The monoisotopic (exact) mass is 330 g/mol. The van der Waals surface area contributed by atoms with Crippen LogP contribution < -0.4 is 4.74 Å². The third-order valence-electron chi connectivity index (χ3n) is 4.14. The molecule has 2 rings (SSSR count). The van der Waals surface area contributed by atoms with E-state index in [4.69, 9.17) is 14.2 Å². The van der Waals surface area contributed by atoms with Crippen LogP contribution >= 0.6 is 0 Å². The van der Waals surface area contributed by atoms with Crippen LogP contribution in [-0.4, -0.2) is 19.5 Å². The van der Waals surface area contributed by atoms with Gasteiger partial charge in [-0.05, 0) is 62.0 Å². The fraction of sp³-hybridized carbons (Fsp3) is 0.524. The van der Waals surface area contributed by atoms with Crippen LogP contribution in [0.25, 0.3) is 0 Å². The summed E-state index contributed by atoms with van der Waals surface area (Å²) in [5, 5.41) is 0. The highest BCUT2D eigenvalue weighted by Gasteiger charge is 2.07. The van der Waals surface area contributed by atoms with Crippen LogP contribution in [0.3, 0.4) is 0 Å². The lowest BCUT2D eigenvalue weighted by molar-refractivity contribution is -0.0781. The first-order valence-electron chi connectivity index (χ1n) is 9.06. The number of allylic oxidation sites excluding steroid dienone is 3. The first-order chi connectivity index (χ1) is 11.7. The molecule has 0 radical (unpaired) electrons. The topological polar surface area (TPSA) is 27.7 Å². The summed E-state index contributed by atoms with van der Waals surface area (Å²) in [4.78, 5) is 0. The Morgan fingerprint density at radius 2 is 1.83 bits per heavy atom. The van der Waals surface area contributed by atoms with Crippen molar-refractivity contribution in [2.75, 3.05) is 13.2 Å². The second kappa shape index (κ2) is 10.2. The molecule has 0 spiro atoms. The fourth-order valence-corrected chi connectivity index (χ4v) is 2.77. The molecule has 0 fully saturated rings. The third-order valence-corrected chi connectivity index (χ3v) is 4.14. The van der Waals surface area contributed by atoms with Gasteiger partial charge in [0.25, 0.3) is 0 Å². The summed E-state index contributed by atoms with van der Waals surface area (Å²) in [6.07, 6.45) is 10.6. The first-order valence-corrected chi connectivity index (χ1v) is 9.06. The van der Waals surface area contributed by atoms with Crippen molar-refractivity contribution < 1.29 is 14.2 Å². The Kier molecular flexibility index (Phi) is 7.90. The first kappa shape index (κ1) is 18.6. The van der Waals surface area contributed by atoms with Gasteiger partial charge in [-0.3, -0.25) is 0 Å². The lowest BCUT2D eigenvalue weighted by Crippen LogP contribution is -2.19. The highest BCUT2D eigenvalue weighted by Crippen LogP contribution is 2.23. The van der Waals surface area contributed by atoms with Crippen molar-refractivity contribution in [3.05, 3.63) is 53.8 Å². The van der Waals surface area contributed by atoms with Crippen molar-refractivity contribution in [2.24, 2.45) is 0 Å². The zero-order chi connectivity index (χ0) is 17.2. The summed E-state index contributed by atoms with van der Waals surface area (Å²) < 4.78 is 17.1. The van der Waals surface area contributed by atoms with E-state index in [1.165, 1.54) is 18.4 Å². The Balaban J connectivity index is 1.67. The van der Waals surface area contributed by atoms with Crippen molar-refractivity contribution in [1.82, 2.24) is 0 Å². The average molecular weight is 330 g/mol. The lowest BCUT2D eigenvalue weighted by Gasteiger charge is -2.17. The highest BCUT2D eigenvalue weighted by molar-refractivity contribution is 5.29. The minimum atomic E-state index is -0.289. The molecule has 0 bridgehead atoms. The van der Waals surface area contributed by atoms with Gasteiger partial charge in [0.05, 0.1) is 6.61 Å². The summed E-state index contributed by atoms with van der Waals surface area (Å²) in [6.45, 7) is 7.45. The van der Waals surface area contributed by atoms with E-state index in [1.807, 2.05) is 25.1 Å². The highest BCUT2D eigenvalue weighted by atomic mass is 16.7. The summed E-state index contributed by atoms with van der Waals surface area (Å²) in [5.74, 6) is 2.38. The molecule has 0 saturated carbocycles. The van der Waals surface area contributed by atoms with Gasteiger partial charge in [-0.2, -0.15) is 0 Å². The van der Waals surface area contributed by atoms with Crippen LogP contribution in [0.1, 0.15) is 57.9 Å². The van der Waals surface area contributed by atoms with Crippen LogP contribution in [0.5, 0.6) is 5.75 Å². The molecule has 0 amide bonds. The van der Waals surface area contributed by atoms with Crippen LogP contribution in [0.15, 0.2) is 48.3 Å². The molecule has 0 aliphatic heterocycles. The molecule has 2 unspecified atom stereocenters. The van der Waals surface area contributed by atoms with Gasteiger partial charge in [0.15, 0.2) is 6.29 Å². The Bertz CT molecular complexity index is 531. The zero-order valence-corrected chi connectivity index (χ0v) is 15.2. The van der Waals surface area contributed by atoms with Gasteiger partial charge in [0.2, 0.25) is 0 Å². The molecule has 1 aliphatic carbocycles. The predicted molar refractivity (Wildman–Crippen MR) is 98.2 cm³/mol. The van der Waals surface area contributed by atoms with Crippen molar-refractivity contribution in [3.63, 3.8) is 0 Å². The maximum absolute atomic E-state index is 5.79. The molecule has 0 aromatic heterocycles. The SMILES string of the molecule is CCCC(C)c1ccc(OC(C)OCCOC2=CCCC=C2)cc1. The molecule has 3 heteroatoms. The largest absolute Gasteiger partial charge is 0.492 e. The maximum Gasteiger partial charge on any atom is 0.197 e. The van der Waals surface area contributed by atoms with E-state index in [-0.39, 0.29) is 6.29 Å². The molecular weight excluding hydrogens is 300 g/mol. The molecule has 1 aliphatic rings. The molecule has 1 aromatic carbocycles. The molecule has 0 N–H and O–H groups in total. The number of hydrogen-bond acceptors (Lipinski definition) is 3. The second-order valence-corrected chi connectivity index (χ2v) is 6.25. The minimum Gasteiger partial charge on any atom is -0.492 e. The Morgan fingerprint density at radius 1 is 1.04 bits per heavy atom. The number of hydrogen-bond donors (Lipinski definition) is 0. The second-order valence-electron chi connectivity index (χ2n) is 6.25. The van der Waals surface area contributed by atoms with Crippen LogP contribution in [0.4, 0.5) is 0 Å².